The second kappa shape index (κ2) is 5.68. The van der Waals surface area contributed by atoms with Gasteiger partial charge in [0.15, 0.2) is 0 Å². The Morgan fingerprint density at radius 3 is 2.89 bits per heavy atom. The van der Waals surface area contributed by atoms with Gasteiger partial charge in [0.2, 0.25) is 0 Å². The van der Waals surface area contributed by atoms with Crippen LogP contribution in [0.5, 0.6) is 0 Å². The Balaban J connectivity index is 1.79. The average molecular weight is 268 g/mol. The van der Waals surface area contributed by atoms with E-state index in [2.05, 4.69) is 38.0 Å². The number of hydrogen-bond donors (Lipinski definition) is 1. The molecule has 0 bridgehead atoms. The Labute approximate surface area is 114 Å². The molecule has 0 unspecified atom stereocenters. The summed E-state index contributed by atoms with van der Waals surface area (Å²) >= 11 is 1.77. The van der Waals surface area contributed by atoms with Crippen molar-refractivity contribution in [2.45, 2.75) is 46.8 Å². The lowest BCUT2D eigenvalue weighted by molar-refractivity contribution is 0.00722. The van der Waals surface area contributed by atoms with Crippen molar-refractivity contribution in [3.05, 3.63) is 16.1 Å². The van der Waals surface area contributed by atoms with Gasteiger partial charge in [-0.25, -0.2) is 4.98 Å². The van der Waals surface area contributed by atoms with Crippen LogP contribution in [0.15, 0.2) is 6.20 Å². The lowest BCUT2D eigenvalue weighted by Crippen LogP contribution is -2.36. The van der Waals surface area contributed by atoms with E-state index in [0.29, 0.717) is 12.0 Å². The Bertz CT molecular complexity index is 383. The summed E-state index contributed by atoms with van der Waals surface area (Å²) in [4.78, 5) is 5.59. The number of aromatic nitrogens is 1. The van der Waals surface area contributed by atoms with Crippen LogP contribution in [0.25, 0.3) is 0 Å². The minimum Gasteiger partial charge on any atom is -0.377 e. The lowest BCUT2D eigenvalue weighted by atomic mass is 9.81. The first-order chi connectivity index (χ1) is 8.47. The van der Waals surface area contributed by atoms with Crippen molar-refractivity contribution in [2.75, 3.05) is 13.2 Å². The molecule has 0 spiro atoms. The van der Waals surface area contributed by atoms with Crippen LogP contribution in [0, 0.1) is 18.3 Å². The minimum atomic E-state index is 0.240. The molecule has 0 aliphatic carbocycles. The van der Waals surface area contributed by atoms with Crippen LogP contribution in [0.3, 0.4) is 0 Å². The molecule has 1 N–H and O–H groups in total. The fraction of sp³-hybridized carbons (Fsp3) is 0.786. The summed E-state index contributed by atoms with van der Waals surface area (Å²) in [6.07, 6.45) is 3.53. The van der Waals surface area contributed by atoms with Crippen LogP contribution in [-0.4, -0.2) is 24.2 Å². The topological polar surface area (TPSA) is 34.2 Å². The molecule has 2 heterocycles. The quantitative estimate of drug-likeness (QED) is 0.911. The fourth-order valence-corrected chi connectivity index (χ4v) is 3.43. The van der Waals surface area contributed by atoms with Gasteiger partial charge in [-0.05, 0) is 18.8 Å². The van der Waals surface area contributed by atoms with Crippen LogP contribution >= 0.6 is 11.3 Å². The zero-order chi connectivity index (χ0) is 13.2. The summed E-state index contributed by atoms with van der Waals surface area (Å²) < 4.78 is 5.89. The predicted molar refractivity (Wildman–Crippen MR) is 75.9 cm³/mol. The summed E-state index contributed by atoms with van der Waals surface area (Å²) in [5, 5.41) is 4.69. The molecule has 3 nitrogen and oxygen atoms in total. The molecular formula is C14H24N2OS. The monoisotopic (exact) mass is 268 g/mol. The summed E-state index contributed by atoms with van der Waals surface area (Å²) in [6, 6.07) is 0. The number of nitrogens with one attached hydrogen (secondary N) is 1. The molecule has 1 aromatic heterocycles. The second-order valence-corrected chi connectivity index (χ2v) is 7.50. The first kappa shape index (κ1) is 14.0. The van der Waals surface area contributed by atoms with Crippen LogP contribution in [-0.2, 0) is 11.3 Å². The van der Waals surface area contributed by atoms with Gasteiger partial charge in [-0.2, -0.15) is 0 Å². The number of nitrogens with zero attached hydrogens (tertiary/aromatic N) is 1. The molecule has 1 aliphatic rings. The van der Waals surface area contributed by atoms with Crippen LogP contribution in [0.2, 0.25) is 0 Å². The van der Waals surface area contributed by atoms with Gasteiger partial charge < -0.3 is 10.1 Å². The minimum absolute atomic E-state index is 0.240. The van der Waals surface area contributed by atoms with Gasteiger partial charge in [-0.3, -0.25) is 0 Å². The number of aryl methyl sites for hydroxylation is 1. The third kappa shape index (κ3) is 3.53. The summed E-state index contributed by atoms with van der Waals surface area (Å²) in [5.41, 5.74) is 0.240. The molecule has 1 fully saturated rings. The highest BCUT2D eigenvalue weighted by Gasteiger charge is 2.36. The van der Waals surface area contributed by atoms with Crippen LogP contribution in [0.4, 0.5) is 0 Å². The number of thiazole rings is 1. The van der Waals surface area contributed by atoms with E-state index in [9.17, 15) is 0 Å². The van der Waals surface area contributed by atoms with E-state index in [1.54, 1.807) is 11.3 Å². The van der Waals surface area contributed by atoms with E-state index in [-0.39, 0.29) is 5.41 Å². The third-order valence-electron chi connectivity index (χ3n) is 3.44. The summed E-state index contributed by atoms with van der Waals surface area (Å²) in [6.45, 7) is 11.7. The SMILES string of the molecule is Cc1ncc(CNC[C@H]2CCO[C@@H]2C(C)(C)C)s1. The van der Waals surface area contributed by atoms with E-state index in [1.165, 1.54) is 11.3 Å². The number of rotatable bonds is 4. The van der Waals surface area contributed by atoms with Gasteiger partial charge in [0.05, 0.1) is 11.1 Å². The standard InChI is InChI=1S/C14H24N2OS/c1-10-16-9-12(18-10)8-15-7-11-5-6-17-13(11)14(2,3)4/h9,11,13,15H,5-8H2,1-4H3/t11-,13+/m1/s1. The Hall–Kier alpha value is -0.450. The highest BCUT2D eigenvalue weighted by molar-refractivity contribution is 7.11. The van der Waals surface area contributed by atoms with E-state index < -0.39 is 0 Å². The Morgan fingerprint density at radius 1 is 1.50 bits per heavy atom. The smallest absolute Gasteiger partial charge is 0.0897 e. The van der Waals surface area contributed by atoms with Crippen molar-refractivity contribution in [1.82, 2.24) is 10.3 Å². The van der Waals surface area contributed by atoms with Gasteiger partial charge in [0.1, 0.15) is 0 Å². The first-order valence-corrected chi connectivity index (χ1v) is 7.52. The zero-order valence-electron chi connectivity index (χ0n) is 11.8. The van der Waals surface area contributed by atoms with Crippen molar-refractivity contribution in [2.24, 2.45) is 11.3 Å². The normalized spacial score (nSPS) is 24.7. The Morgan fingerprint density at radius 2 is 2.28 bits per heavy atom. The van der Waals surface area contributed by atoms with Crippen molar-refractivity contribution < 1.29 is 4.74 Å². The third-order valence-corrected chi connectivity index (χ3v) is 4.36. The highest BCUT2D eigenvalue weighted by Crippen LogP contribution is 2.34. The number of ether oxygens (including phenoxy) is 1. The van der Waals surface area contributed by atoms with E-state index >= 15 is 0 Å². The molecule has 18 heavy (non-hydrogen) atoms. The average Bonchev–Trinajstić information content (AvgIpc) is 2.86. The molecule has 1 aromatic rings. The second-order valence-electron chi connectivity index (χ2n) is 6.18. The predicted octanol–water partition coefficient (Wildman–Crippen LogP) is 2.99. The molecule has 1 saturated heterocycles. The molecule has 2 atom stereocenters. The molecule has 0 radical (unpaired) electrons. The van der Waals surface area contributed by atoms with Crippen molar-refractivity contribution in [3.8, 4) is 0 Å². The molecule has 1 aliphatic heterocycles. The van der Waals surface area contributed by atoms with Crippen molar-refractivity contribution >= 4 is 11.3 Å². The molecular weight excluding hydrogens is 244 g/mol. The molecule has 0 saturated carbocycles. The van der Waals surface area contributed by atoms with Crippen molar-refractivity contribution in [3.63, 3.8) is 0 Å². The first-order valence-electron chi connectivity index (χ1n) is 6.70. The van der Waals surface area contributed by atoms with Crippen LogP contribution in [0.1, 0.15) is 37.1 Å². The maximum Gasteiger partial charge on any atom is 0.0897 e. The Kier molecular flexibility index (Phi) is 4.41. The van der Waals surface area contributed by atoms with Crippen molar-refractivity contribution in [1.29, 1.82) is 0 Å². The largest absolute Gasteiger partial charge is 0.377 e. The van der Waals surface area contributed by atoms with E-state index in [1.807, 2.05) is 6.20 Å². The molecule has 2 rings (SSSR count). The summed E-state index contributed by atoms with van der Waals surface area (Å²) in [5.74, 6) is 0.638. The highest BCUT2D eigenvalue weighted by atomic mass is 32.1. The van der Waals surface area contributed by atoms with E-state index in [0.717, 1.165) is 24.7 Å². The fourth-order valence-electron chi connectivity index (χ4n) is 2.67. The number of hydrogen-bond acceptors (Lipinski definition) is 4. The van der Waals surface area contributed by atoms with Gasteiger partial charge in [0, 0.05) is 36.7 Å². The molecule has 102 valence electrons. The van der Waals surface area contributed by atoms with Gasteiger partial charge >= 0.3 is 0 Å². The summed E-state index contributed by atoms with van der Waals surface area (Å²) in [7, 11) is 0. The van der Waals surface area contributed by atoms with E-state index in [4.69, 9.17) is 4.74 Å². The maximum absolute atomic E-state index is 5.89. The zero-order valence-corrected chi connectivity index (χ0v) is 12.6. The van der Waals surface area contributed by atoms with Gasteiger partial charge in [-0.15, -0.1) is 11.3 Å². The maximum atomic E-state index is 5.89. The molecule has 0 aromatic carbocycles. The lowest BCUT2D eigenvalue weighted by Gasteiger charge is -2.31. The van der Waals surface area contributed by atoms with Gasteiger partial charge in [-0.1, -0.05) is 20.8 Å². The molecule has 4 heteroatoms. The van der Waals surface area contributed by atoms with Crippen LogP contribution < -0.4 is 5.32 Å². The molecule has 0 amide bonds. The van der Waals surface area contributed by atoms with Gasteiger partial charge in [0.25, 0.3) is 0 Å².